The number of aromatic nitrogens is 4. The van der Waals surface area contributed by atoms with Crippen molar-refractivity contribution in [2.24, 2.45) is 0 Å². The summed E-state index contributed by atoms with van der Waals surface area (Å²) >= 11 is 6.31. The smallest absolute Gasteiger partial charge is 0.338 e. The fourth-order valence-electron chi connectivity index (χ4n) is 3.31. The topological polar surface area (TPSA) is 78.6 Å². The van der Waals surface area contributed by atoms with Crippen LogP contribution in [0.3, 0.4) is 0 Å². The molecule has 3 heterocycles. The second kappa shape index (κ2) is 6.24. The predicted molar refractivity (Wildman–Crippen MR) is 92.2 cm³/mol. The van der Waals surface area contributed by atoms with Crippen LogP contribution in [0.25, 0.3) is 16.7 Å². The number of rotatable bonds is 2. The lowest BCUT2D eigenvalue weighted by Crippen LogP contribution is -2.18. The molecule has 0 radical (unpaired) electrons. The summed E-state index contributed by atoms with van der Waals surface area (Å²) in [6.07, 6.45) is 1.98. The molecule has 7 nitrogen and oxygen atoms in total. The Kier molecular flexibility index (Phi) is 4.05. The predicted octanol–water partition coefficient (Wildman–Crippen LogP) is 2.92. The van der Waals surface area contributed by atoms with Crippen LogP contribution in [0.4, 0.5) is 0 Å². The van der Waals surface area contributed by atoms with Crippen LogP contribution in [0, 0.1) is 6.92 Å². The Morgan fingerprint density at radius 1 is 1.40 bits per heavy atom. The maximum absolute atomic E-state index is 12.0. The van der Waals surface area contributed by atoms with E-state index >= 15 is 0 Å². The van der Waals surface area contributed by atoms with Crippen molar-refractivity contribution >= 4 is 34.3 Å². The zero-order valence-corrected chi connectivity index (χ0v) is 14.7. The molecule has 0 bridgehead atoms. The molecule has 3 aromatic rings. The van der Waals surface area contributed by atoms with Gasteiger partial charge in [0.25, 0.3) is 0 Å². The van der Waals surface area contributed by atoms with Gasteiger partial charge in [-0.15, -0.1) is 10.2 Å². The van der Waals surface area contributed by atoms with E-state index in [0.717, 1.165) is 36.4 Å². The van der Waals surface area contributed by atoms with E-state index in [-0.39, 0.29) is 11.1 Å². The first-order valence-electron chi connectivity index (χ1n) is 8.11. The van der Waals surface area contributed by atoms with Gasteiger partial charge in [0.05, 0.1) is 30.3 Å². The van der Waals surface area contributed by atoms with Gasteiger partial charge in [-0.05, 0) is 37.5 Å². The van der Waals surface area contributed by atoms with Crippen LogP contribution >= 0.6 is 11.6 Å². The molecule has 1 aliphatic rings. The molecule has 2 aromatic heterocycles. The first-order valence-corrected chi connectivity index (χ1v) is 8.49. The average molecular weight is 361 g/mol. The number of carbonyl (C=O) groups excluding carboxylic acids is 1. The fraction of sp³-hybridized carbons (Fsp3) is 0.412. The molecule has 1 aliphatic heterocycles. The quantitative estimate of drug-likeness (QED) is 0.654. The Bertz CT molecular complexity index is 979. The highest BCUT2D eigenvalue weighted by Gasteiger charge is 2.24. The number of halogens is 1. The van der Waals surface area contributed by atoms with Crippen molar-refractivity contribution in [2.75, 3.05) is 20.3 Å². The summed E-state index contributed by atoms with van der Waals surface area (Å²) < 4.78 is 12.4. The Morgan fingerprint density at radius 2 is 2.24 bits per heavy atom. The summed E-state index contributed by atoms with van der Waals surface area (Å²) in [5, 5.41) is 8.82. The standard InChI is InChI=1S/C17H17ClN4O3/c1-9-6-13-12(7-11(9)17(23)24-2)19-14(18)16-21-20-15(22(13)16)10-4-3-5-25-8-10/h6-7,10H,3-5,8H2,1-2H3. The number of esters is 1. The molecule has 1 unspecified atom stereocenters. The minimum Gasteiger partial charge on any atom is -0.465 e. The van der Waals surface area contributed by atoms with Gasteiger partial charge in [0.2, 0.25) is 0 Å². The molecular weight excluding hydrogens is 344 g/mol. The number of ether oxygens (including phenoxy) is 2. The Labute approximate surface area is 148 Å². The third kappa shape index (κ3) is 2.63. The van der Waals surface area contributed by atoms with Gasteiger partial charge in [-0.1, -0.05) is 11.6 Å². The van der Waals surface area contributed by atoms with E-state index in [2.05, 4.69) is 15.2 Å². The molecule has 130 valence electrons. The molecule has 1 saturated heterocycles. The van der Waals surface area contributed by atoms with E-state index in [4.69, 9.17) is 21.1 Å². The van der Waals surface area contributed by atoms with Gasteiger partial charge in [-0.25, -0.2) is 9.78 Å². The second-order valence-electron chi connectivity index (χ2n) is 6.18. The van der Waals surface area contributed by atoms with E-state index in [1.165, 1.54) is 7.11 Å². The zero-order chi connectivity index (χ0) is 17.6. The van der Waals surface area contributed by atoms with Gasteiger partial charge < -0.3 is 9.47 Å². The highest BCUT2D eigenvalue weighted by Crippen LogP contribution is 2.30. The van der Waals surface area contributed by atoms with Crippen molar-refractivity contribution in [1.29, 1.82) is 0 Å². The number of carbonyl (C=O) groups is 1. The molecule has 0 N–H and O–H groups in total. The van der Waals surface area contributed by atoms with Crippen molar-refractivity contribution < 1.29 is 14.3 Å². The number of nitrogens with zero attached hydrogens (tertiary/aromatic N) is 4. The van der Waals surface area contributed by atoms with Gasteiger partial charge in [0, 0.05) is 12.5 Å². The maximum Gasteiger partial charge on any atom is 0.338 e. The Morgan fingerprint density at radius 3 is 2.96 bits per heavy atom. The number of hydrogen-bond donors (Lipinski definition) is 0. The molecule has 1 aromatic carbocycles. The van der Waals surface area contributed by atoms with Gasteiger partial charge in [-0.3, -0.25) is 4.40 Å². The molecule has 8 heteroatoms. The van der Waals surface area contributed by atoms with E-state index in [1.54, 1.807) is 6.07 Å². The van der Waals surface area contributed by atoms with Crippen LogP contribution in [-0.4, -0.2) is 45.9 Å². The average Bonchev–Trinajstić information content (AvgIpc) is 3.08. The summed E-state index contributed by atoms with van der Waals surface area (Å²) in [6, 6.07) is 3.59. The summed E-state index contributed by atoms with van der Waals surface area (Å²) in [4.78, 5) is 16.3. The number of hydrogen-bond acceptors (Lipinski definition) is 6. The normalized spacial score (nSPS) is 18.0. The van der Waals surface area contributed by atoms with Crippen LogP contribution in [-0.2, 0) is 9.47 Å². The van der Waals surface area contributed by atoms with Crippen molar-refractivity contribution in [3.8, 4) is 0 Å². The third-order valence-corrected chi connectivity index (χ3v) is 4.84. The van der Waals surface area contributed by atoms with Crippen LogP contribution in [0.2, 0.25) is 5.15 Å². The van der Waals surface area contributed by atoms with Crippen molar-refractivity contribution in [1.82, 2.24) is 19.6 Å². The molecule has 0 amide bonds. The molecule has 25 heavy (non-hydrogen) atoms. The minimum atomic E-state index is -0.401. The van der Waals surface area contributed by atoms with Crippen molar-refractivity contribution in [3.05, 3.63) is 34.2 Å². The van der Waals surface area contributed by atoms with E-state index in [9.17, 15) is 4.79 Å². The number of methoxy groups -OCH3 is 1. The summed E-state index contributed by atoms with van der Waals surface area (Å²) in [7, 11) is 1.36. The van der Waals surface area contributed by atoms with Crippen LogP contribution in [0.1, 0.15) is 40.5 Å². The maximum atomic E-state index is 12.0. The summed E-state index contributed by atoms with van der Waals surface area (Å²) in [6.45, 7) is 3.25. The SMILES string of the molecule is COC(=O)c1cc2nc(Cl)c3nnc(C4CCCOC4)n3c2cc1C. The largest absolute Gasteiger partial charge is 0.465 e. The molecule has 0 aliphatic carbocycles. The van der Waals surface area contributed by atoms with E-state index in [1.807, 2.05) is 17.4 Å². The Hall–Kier alpha value is -2.25. The fourth-order valence-corrected chi connectivity index (χ4v) is 3.53. The van der Waals surface area contributed by atoms with Crippen LogP contribution in [0.15, 0.2) is 12.1 Å². The minimum absolute atomic E-state index is 0.158. The van der Waals surface area contributed by atoms with Crippen molar-refractivity contribution in [2.45, 2.75) is 25.7 Å². The number of fused-ring (bicyclic) bond motifs is 3. The van der Waals surface area contributed by atoms with Gasteiger partial charge in [0.1, 0.15) is 5.82 Å². The lowest BCUT2D eigenvalue weighted by atomic mass is 10.0. The molecular formula is C17H17ClN4O3. The Balaban J connectivity index is 1.99. The zero-order valence-electron chi connectivity index (χ0n) is 14.0. The van der Waals surface area contributed by atoms with Crippen molar-refractivity contribution in [3.63, 3.8) is 0 Å². The molecule has 1 atom stereocenters. The van der Waals surface area contributed by atoms with Gasteiger partial charge >= 0.3 is 5.97 Å². The summed E-state index contributed by atoms with van der Waals surface area (Å²) in [5.74, 6) is 0.572. The highest BCUT2D eigenvalue weighted by atomic mass is 35.5. The molecule has 0 saturated carbocycles. The monoisotopic (exact) mass is 360 g/mol. The van der Waals surface area contributed by atoms with E-state index in [0.29, 0.717) is 23.3 Å². The number of aryl methyl sites for hydroxylation is 1. The van der Waals surface area contributed by atoms with Gasteiger partial charge in [-0.2, -0.15) is 0 Å². The van der Waals surface area contributed by atoms with Crippen LogP contribution < -0.4 is 0 Å². The van der Waals surface area contributed by atoms with E-state index < -0.39 is 5.97 Å². The molecule has 1 fully saturated rings. The second-order valence-corrected chi connectivity index (χ2v) is 6.54. The van der Waals surface area contributed by atoms with Gasteiger partial charge in [0.15, 0.2) is 10.8 Å². The highest BCUT2D eigenvalue weighted by molar-refractivity contribution is 6.32. The lowest BCUT2D eigenvalue weighted by molar-refractivity contribution is 0.0600. The number of benzene rings is 1. The van der Waals surface area contributed by atoms with Crippen LogP contribution in [0.5, 0.6) is 0 Å². The molecule has 0 spiro atoms. The third-order valence-electron chi connectivity index (χ3n) is 4.58. The first kappa shape index (κ1) is 16.2. The first-order chi connectivity index (χ1) is 12.1. The summed E-state index contributed by atoms with van der Waals surface area (Å²) in [5.41, 5.74) is 3.19. The lowest BCUT2D eigenvalue weighted by Gasteiger charge is -2.21. The molecule has 4 rings (SSSR count).